The minimum atomic E-state index is 0.886. The lowest BCUT2D eigenvalue weighted by Gasteiger charge is -2.22. The Kier molecular flexibility index (Phi) is 5.94. The maximum absolute atomic E-state index is 2.49. The predicted molar refractivity (Wildman–Crippen MR) is 84.7 cm³/mol. The molecule has 0 saturated carbocycles. The van der Waals surface area contributed by atoms with E-state index in [-0.39, 0.29) is 0 Å². The van der Waals surface area contributed by atoms with E-state index >= 15 is 0 Å². The molecule has 0 aliphatic heterocycles. The molecule has 0 radical (unpaired) electrons. The van der Waals surface area contributed by atoms with Gasteiger partial charge in [0.15, 0.2) is 0 Å². The van der Waals surface area contributed by atoms with Crippen LogP contribution >= 0.6 is 0 Å². The minimum Gasteiger partial charge on any atom is -0.0654 e. The number of fused-ring (bicyclic) bond motifs is 1. The summed E-state index contributed by atoms with van der Waals surface area (Å²) < 4.78 is 0. The summed E-state index contributed by atoms with van der Waals surface area (Å²) in [6.07, 6.45) is 13.7. The molecule has 0 nitrogen and oxygen atoms in total. The molecule has 1 aromatic rings. The Hall–Kier alpha value is -0.780. The van der Waals surface area contributed by atoms with Crippen LogP contribution in [0.4, 0.5) is 0 Å². The van der Waals surface area contributed by atoms with Gasteiger partial charge in [0.05, 0.1) is 0 Å². The first kappa shape index (κ1) is 14.6. The number of aryl methyl sites for hydroxylation is 2. The molecule has 2 rings (SSSR count). The molecule has 1 atom stereocenters. The van der Waals surface area contributed by atoms with Crippen LogP contribution < -0.4 is 0 Å². The molecule has 0 heteroatoms. The Morgan fingerprint density at radius 1 is 1.00 bits per heavy atom. The number of hydrogen-bond donors (Lipinski definition) is 0. The van der Waals surface area contributed by atoms with Crippen LogP contribution in [-0.4, -0.2) is 0 Å². The summed E-state index contributed by atoms with van der Waals surface area (Å²) in [5.74, 6) is 0.886. The summed E-state index contributed by atoms with van der Waals surface area (Å²) in [5, 5.41) is 0. The van der Waals surface area contributed by atoms with Crippen LogP contribution in [0.5, 0.6) is 0 Å². The highest BCUT2D eigenvalue weighted by Gasteiger charge is 2.14. The topological polar surface area (TPSA) is 0 Å². The molecule has 1 aliphatic rings. The zero-order valence-electron chi connectivity index (χ0n) is 12.9. The van der Waals surface area contributed by atoms with E-state index in [0.29, 0.717) is 0 Å². The monoisotopic (exact) mass is 258 g/mol. The van der Waals surface area contributed by atoms with E-state index in [1.807, 2.05) is 0 Å². The van der Waals surface area contributed by atoms with Gasteiger partial charge in [0.2, 0.25) is 0 Å². The third-order valence-electron chi connectivity index (χ3n) is 4.56. The van der Waals surface area contributed by atoms with E-state index in [0.717, 1.165) is 5.92 Å². The summed E-state index contributed by atoms with van der Waals surface area (Å²) in [6.45, 7) is 4.67. The maximum Gasteiger partial charge on any atom is -0.0250 e. The van der Waals surface area contributed by atoms with Crippen molar-refractivity contribution in [3.63, 3.8) is 0 Å². The van der Waals surface area contributed by atoms with Crippen LogP contribution in [0.2, 0.25) is 0 Å². The van der Waals surface area contributed by atoms with Gasteiger partial charge >= 0.3 is 0 Å². The van der Waals surface area contributed by atoms with Crippen molar-refractivity contribution in [2.45, 2.75) is 78.1 Å². The van der Waals surface area contributed by atoms with Crippen LogP contribution in [0.25, 0.3) is 0 Å². The van der Waals surface area contributed by atoms with Crippen molar-refractivity contribution < 1.29 is 0 Å². The summed E-state index contributed by atoms with van der Waals surface area (Å²) in [6, 6.07) is 7.27. The molecule has 1 aliphatic carbocycles. The standard InChI is InChI=1S/C19H30/c1-3-4-5-6-7-8-9-17-11-13-18-14-16(2)10-12-19(18)15-17/h11,13,15-16H,3-10,12,14H2,1-2H3. The van der Waals surface area contributed by atoms with E-state index in [1.54, 1.807) is 16.7 Å². The van der Waals surface area contributed by atoms with E-state index in [4.69, 9.17) is 0 Å². The van der Waals surface area contributed by atoms with Crippen LogP contribution in [0.3, 0.4) is 0 Å². The first-order chi connectivity index (χ1) is 9.29. The largest absolute Gasteiger partial charge is 0.0654 e. The Labute approximate surface area is 119 Å². The Morgan fingerprint density at radius 2 is 1.79 bits per heavy atom. The molecule has 0 fully saturated rings. The van der Waals surface area contributed by atoms with E-state index in [2.05, 4.69) is 32.0 Å². The third kappa shape index (κ3) is 4.67. The first-order valence-corrected chi connectivity index (χ1v) is 8.40. The van der Waals surface area contributed by atoms with E-state index < -0.39 is 0 Å². The third-order valence-corrected chi connectivity index (χ3v) is 4.56. The van der Waals surface area contributed by atoms with Crippen molar-refractivity contribution in [2.75, 3.05) is 0 Å². The lowest BCUT2D eigenvalue weighted by molar-refractivity contribution is 0.500. The number of rotatable bonds is 7. The lowest BCUT2D eigenvalue weighted by Crippen LogP contribution is -2.11. The maximum atomic E-state index is 2.49. The second-order valence-corrected chi connectivity index (χ2v) is 6.47. The van der Waals surface area contributed by atoms with Gasteiger partial charge in [0.25, 0.3) is 0 Å². The van der Waals surface area contributed by atoms with Gasteiger partial charge in [-0.05, 0) is 54.7 Å². The molecule has 0 bridgehead atoms. The normalized spacial score (nSPS) is 18.3. The summed E-state index contributed by atoms with van der Waals surface area (Å²) in [4.78, 5) is 0. The van der Waals surface area contributed by atoms with Crippen LogP contribution in [-0.2, 0) is 19.3 Å². The molecule has 19 heavy (non-hydrogen) atoms. The van der Waals surface area contributed by atoms with Crippen molar-refractivity contribution >= 4 is 0 Å². The lowest BCUT2D eigenvalue weighted by atomic mass is 9.84. The van der Waals surface area contributed by atoms with Gasteiger partial charge < -0.3 is 0 Å². The van der Waals surface area contributed by atoms with Crippen molar-refractivity contribution in [1.29, 1.82) is 0 Å². The predicted octanol–water partition coefficient (Wildman–Crippen LogP) is 5.71. The average molecular weight is 258 g/mol. The first-order valence-electron chi connectivity index (χ1n) is 8.40. The van der Waals surface area contributed by atoms with E-state index in [9.17, 15) is 0 Å². The second-order valence-electron chi connectivity index (χ2n) is 6.47. The number of hydrogen-bond acceptors (Lipinski definition) is 0. The summed E-state index contributed by atoms with van der Waals surface area (Å²) >= 11 is 0. The Bertz CT molecular complexity index is 378. The van der Waals surface area contributed by atoms with Gasteiger partial charge in [-0.1, -0.05) is 64.2 Å². The Balaban J connectivity index is 1.76. The average Bonchev–Trinajstić information content (AvgIpc) is 2.43. The second kappa shape index (κ2) is 7.72. The quantitative estimate of drug-likeness (QED) is 0.549. The van der Waals surface area contributed by atoms with Crippen LogP contribution in [0.1, 0.15) is 75.5 Å². The molecule has 1 aromatic carbocycles. The minimum absolute atomic E-state index is 0.886. The van der Waals surface area contributed by atoms with Crippen molar-refractivity contribution in [3.8, 4) is 0 Å². The van der Waals surface area contributed by atoms with Crippen LogP contribution in [0.15, 0.2) is 18.2 Å². The molecular weight excluding hydrogens is 228 g/mol. The van der Waals surface area contributed by atoms with Gasteiger partial charge in [0, 0.05) is 0 Å². The fraction of sp³-hybridized carbons (Fsp3) is 0.684. The fourth-order valence-electron chi connectivity index (χ4n) is 3.26. The molecule has 0 spiro atoms. The molecule has 1 unspecified atom stereocenters. The Morgan fingerprint density at radius 3 is 2.63 bits per heavy atom. The fourth-order valence-corrected chi connectivity index (χ4v) is 3.26. The van der Waals surface area contributed by atoms with Gasteiger partial charge in [-0.15, -0.1) is 0 Å². The summed E-state index contributed by atoms with van der Waals surface area (Å²) in [5.41, 5.74) is 4.83. The highest BCUT2D eigenvalue weighted by atomic mass is 14.2. The van der Waals surface area contributed by atoms with Crippen molar-refractivity contribution in [1.82, 2.24) is 0 Å². The van der Waals surface area contributed by atoms with E-state index in [1.165, 1.54) is 64.2 Å². The summed E-state index contributed by atoms with van der Waals surface area (Å²) in [7, 11) is 0. The highest BCUT2D eigenvalue weighted by molar-refractivity contribution is 5.34. The SMILES string of the molecule is CCCCCCCCc1ccc2c(c1)CCC(C)C2. The zero-order valence-corrected chi connectivity index (χ0v) is 12.9. The smallest absolute Gasteiger partial charge is 0.0250 e. The van der Waals surface area contributed by atoms with Gasteiger partial charge in [0.1, 0.15) is 0 Å². The molecule has 0 aromatic heterocycles. The number of benzene rings is 1. The zero-order chi connectivity index (χ0) is 13.5. The molecular formula is C19H30. The van der Waals surface area contributed by atoms with Gasteiger partial charge in [-0.25, -0.2) is 0 Å². The van der Waals surface area contributed by atoms with Gasteiger partial charge in [-0.2, -0.15) is 0 Å². The van der Waals surface area contributed by atoms with Crippen molar-refractivity contribution in [2.24, 2.45) is 5.92 Å². The van der Waals surface area contributed by atoms with Gasteiger partial charge in [-0.3, -0.25) is 0 Å². The molecule has 0 heterocycles. The van der Waals surface area contributed by atoms with Crippen LogP contribution in [0, 0.1) is 5.92 Å². The highest BCUT2D eigenvalue weighted by Crippen LogP contribution is 2.26. The molecule has 106 valence electrons. The molecule has 0 amide bonds. The molecule has 0 N–H and O–H groups in total. The van der Waals surface area contributed by atoms with Crippen molar-refractivity contribution in [3.05, 3.63) is 34.9 Å². The molecule has 0 saturated heterocycles. The number of unbranched alkanes of at least 4 members (excludes halogenated alkanes) is 5.